The molecule has 0 aromatic heterocycles. The summed E-state index contributed by atoms with van der Waals surface area (Å²) >= 11 is 0. The number of amides is 1. The highest BCUT2D eigenvalue weighted by Gasteiger charge is 2.41. The first-order valence-corrected chi connectivity index (χ1v) is 14.5. The number of benzene rings is 4. The molecule has 0 aliphatic heterocycles. The molecule has 2 unspecified atom stereocenters. The lowest BCUT2D eigenvalue weighted by Gasteiger charge is -2.17. The largest absolute Gasteiger partial charge is 0.399 e. The number of hydrogen-bond donors (Lipinski definition) is 3. The van der Waals surface area contributed by atoms with Gasteiger partial charge in [-0.05, 0) is 76.9 Å². The molecule has 0 radical (unpaired) electrons. The van der Waals surface area contributed by atoms with Crippen molar-refractivity contribution in [3.63, 3.8) is 0 Å². The van der Waals surface area contributed by atoms with Crippen LogP contribution in [0.5, 0.6) is 0 Å². The van der Waals surface area contributed by atoms with Gasteiger partial charge in [-0.2, -0.15) is 0 Å². The molecule has 5 rings (SSSR count). The number of nitrogens with one attached hydrogen (secondary N) is 1. The highest BCUT2D eigenvalue weighted by Crippen LogP contribution is 2.55. The number of nitrogens with two attached hydrogens (primary N) is 2. The second kappa shape index (κ2) is 10.6. The van der Waals surface area contributed by atoms with Crippen LogP contribution in [0.2, 0.25) is 0 Å². The molecule has 0 spiro atoms. The van der Waals surface area contributed by atoms with Crippen molar-refractivity contribution in [1.29, 1.82) is 0 Å². The van der Waals surface area contributed by atoms with Crippen LogP contribution in [0, 0.1) is 0 Å². The average Bonchev–Trinajstić information content (AvgIpc) is 3.74. The van der Waals surface area contributed by atoms with Gasteiger partial charge >= 0.3 is 0 Å². The summed E-state index contributed by atoms with van der Waals surface area (Å²) in [6.07, 6.45) is 0.945. The Morgan fingerprint density at radius 1 is 0.925 bits per heavy atom. The third-order valence-electron chi connectivity index (χ3n) is 7.32. The first-order chi connectivity index (χ1) is 19.0. The monoisotopic (exact) mass is 552 g/mol. The number of nitrogens with zero attached hydrogens (tertiary/aromatic N) is 1. The van der Waals surface area contributed by atoms with Crippen LogP contribution in [0.15, 0.2) is 102 Å². The van der Waals surface area contributed by atoms with E-state index in [-0.39, 0.29) is 16.7 Å². The Balaban J connectivity index is 1.41. The standard InChI is InChI=1S/C32H32N4O3S/c1-20(33)22-7-6-8-23(17-22)28-19-29(28)27-16-15-25(36(2)3)18-30(27)32(37)35-24-13-11-21(12-14-24)26-9-4-5-10-31(26)40(34,38)39/h4-18,28-29H,1,19,33H2,2-3H3,(H,35,37)(H2,34,38,39). The zero-order chi connectivity index (χ0) is 28.6. The summed E-state index contributed by atoms with van der Waals surface area (Å²) in [5, 5.41) is 8.42. The summed E-state index contributed by atoms with van der Waals surface area (Å²) in [5.41, 5.74) is 12.9. The molecule has 1 fully saturated rings. The molecule has 8 heteroatoms. The second-order valence-corrected chi connectivity index (χ2v) is 11.9. The molecule has 4 aromatic rings. The highest BCUT2D eigenvalue weighted by atomic mass is 32.2. The van der Waals surface area contributed by atoms with Gasteiger partial charge in [-0.15, -0.1) is 0 Å². The van der Waals surface area contributed by atoms with E-state index in [1.165, 1.54) is 11.6 Å². The van der Waals surface area contributed by atoms with Crippen LogP contribution in [0.1, 0.15) is 45.3 Å². The van der Waals surface area contributed by atoms with Gasteiger partial charge in [-0.3, -0.25) is 4.79 Å². The summed E-state index contributed by atoms with van der Waals surface area (Å²) < 4.78 is 24.1. The number of primary sulfonamides is 1. The average molecular weight is 553 g/mol. The SMILES string of the molecule is C=C(N)c1cccc(C2CC2c2ccc(N(C)C)cc2C(=O)Nc2ccc(-c3ccccc3S(N)(=O)=O)cc2)c1. The van der Waals surface area contributed by atoms with E-state index >= 15 is 0 Å². The van der Waals surface area contributed by atoms with E-state index in [1.54, 1.807) is 42.5 Å². The van der Waals surface area contributed by atoms with Crippen molar-refractivity contribution in [2.45, 2.75) is 23.2 Å². The van der Waals surface area contributed by atoms with Crippen molar-refractivity contribution >= 4 is 33.0 Å². The molecule has 1 aliphatic rings. The molecule has 2 atom stereocenters. The number of sulfonamides is 1. The zero-order valence-corrected chi connectivity index (χ0v) is 23.3. The third-order valence-corrected chi connectivity index (χ3v) is 8.29. The van der Waals surface area contributed by atoms with E-state index in [2.05, 4.69) is 24.0 Å². The topological polar surface area (TPSA) is 119 Å². The van der Waals surface area contributed by atoms with Gasteiger partial charge in [-0.1, -0.05) is 61.2 Å². The summed E-state index contributed by atoms with van der Waals surface area (Å²) in [6.45, 7) is 3.85. The third kappa shape index (κ3) is 5.64. The zero-order valence-electron chi connectivity index (χ0n) is 22.5. The van der Waals surface area contributed by atoms with E-state index in [4.69, 9.17) is 10.9 Å². The molecule has 1 aliphatic carbocycles. The Hall–Kier alpha value is -4.40. The first-order valence-electron chi connectivity index (χ1n) is 12.9. The molecule has 40 heavy (non-hydrogen) atoms. The molecule has 0 heterocycles. The van der Waals surface area contributed by atoms with Crippen LogP contribution < -0.4 is 21.1 Å². The summed E-state index contributed by atoms with van der Waals surface area (Å²) in [6, 6.07) is 27.8. The van der Waals surface area contributed by atoms with E-state index in [0.29, 0.717) is 34.0 Å². The number of anilines is 2. The van der Waals surface area contributed by atoms with Crippen molar-refractivity contribution in [2.24, 2.45) is 10.9 Å². The fourth-order valence-corrected chi connectivity index (χ4v) is 5.86. The molecule has 0 saturated heterocycles. The minimum atomic E-state index is -3.88. The molecule has 0 bridgehead atoms. The first kappa shape index (κ1) is 27.2. The van der Waals surface area contributed by atoms with Crippen LogP contribution in [-0.4, -0.2) is 28.4 Å². The van der Waals surface area contributed by atoms with Gasteiger partial charge < -0.3 is 16.0 Å². The summed E-state index contributed by atoms with van der Waals surface area (Å²) in [7, 11) is 0.00808. The molecule has 4 aromatic carbocycles. The molecular formula is C32H32N4O3S. The molecule has 7 nitrogen and oxygen atoms in total. The molecule has 1 amide bonds. The summed E-state index contributed by atoms with van der Waals surface area (Å²) in [5.74, 6) is 0.315. The Morgan fingerprint density at radius 3 is 2.33 bits per heavy atom. The lowest BCUT2D eigenvalue weighted by Crippen LogP contribution is -2.16. The van der Waals surface area contributed by atoms with Gasteiger partial charge in [0.25, 0.3) is 5.91 Å². The maximum Gasteiger partial charge on any atom is 0.256 e. The van der Waals surface area contributed by atoms with E-state index in [9.17, 15) is 13.2 Å². The fourth-order valence-electron chi connectivity index (χ4n) is 5.10. The molecule has 204 valence electrons. The Labute approximate surface area is 235 Å². The number of carbonyl (C=O) groups is 1. The minimum absolute atomic E-state index is 0.0530. The maximum absolute atomic E-state index is 13.6. The van der Waals surface area contributed by atoms with Crippen molar-refractivity contribution in [3.05, 3.63) is 120 Å². The quantitative estimate of drug-likeness (QED) is 0.266. The van der Waals surface area contributed by atoms with Crippen LogP contribution in [0.25, 0.3) is 16.8 Å². The van der Waals surface area contributed by atoms with Crippen molar-refractivity contribution in [2.75, 3.05) is 24.3 Å². The predicted molar refractivity (Wildman–Crippen MR) is 162 cm³/mol. The number of hydrogen-bond acceptors (Lipinski definition) is 5. The van der Waals surface area contributed by atoms with E-state index < -0.39 is 10.0 Å². The Morgan fingerprint density at radius 2 is 1.65 bits per heavy atom. The molecule has 1 saturated carbocycles. The predicted octanol–water partition coefficient (Wildman–Crippen LogP) is 5.52. The van der Waals surface area contributed by atoms with Gasteiger partial charge in [0.05, 0.1) is 4.90 Å². The molecule has 5 N–H and O–H groups in total. The van der Waals surface area contributed by atoms with Crippen molar-refractivity contribution in [3.8, 4) is 11.1 Å². The van der Waals surface area contributed by atoms with Crippen LogP contribution in [-0.2, 0) is 10.0 Å². The minimum Gasteiger partial charge on any atom is -0.399 e. The second-order valence-electron chi connectivity index (χ2n) is 10.3. The lowest BCUT2D eigenvalue weighted by molar-refractivity contribution is 0.102. The number of rotatable bonds is 8. The van der Waals surface area contributed by atoms with Gasteiger partial charge in [0.15, 0.2) is 0 Å². The fraction of sp³-hybridized carbons (Fsp3) is 0.156. The normalized spacial score (nSPS) is 16.3. The van der Waals surface area contributed by atoms with Crippen LogP contribution >= 0.6 is 0 Å². The van der Waals surface area contributed by atoms with E-state index in [0.717, 1.165) is 23.2 Å². The smallest absolute Gasteiger partial charge is 0.256 e. The van der Waals surface area contributed by atoms with E-state index in [1.807, 2.05) is 49.3 Å². The van der Waals surface area contributed by atoms with Gasteiger partial charge in [0, 0.05) is 42.3 Å². The Bertz CT molecular complexity index is 1710. The number of carbonyl (C=O) groups excluding carboxylic acids is 1. The summed E-state index contributed by atoms with van der Waals surface area (Å²) in [4.78, 5) is 15.6. The molecular weight excluding hydrogens is 520 g/mol. The van der Waals surface area contributed by atoms with Crippen molar-refractivity contribution in [1.82, 2.24) is 0 Å². The lowest BCUT2D eigenvalue weighted by atomic mass is 9.97. The Kier molecular flexibility index (Phi) is 7.23. The van der Waals surface area contributed by atoms with Gasteiger partial charge in [0.1, 0.15) is 0 Å². The highest BCUT2D eigenvalue weighted by molar-refractivity contribution is 7.89. The van der Waals surface area contributed by atoms with Gasteiger partial charge in [-0.25, -0.2) is 13.6 Å². The van der Waals surface area contributed by atoms with Crippen molar-refractivity contribution < 1.29 is 13.2 Å². The maximum atomic E-state index is 13.6. The van der Waals surface area contributed by atoms with Gasteiger partial charge in [0.2, 0.25) is 10.0 Å². The van der Waals surface area contributed by atoms with Crippen LogP contribution in [0.4, 0.5) is 11.4 Å². The van der Waals surface area contributed by atoms with Crippen LogP contribution in [0.3, 0.4) is 0 Å².